The molecule has 0 aliphatic carbocycles. The Kier molecular flexibility index (Phi) is 3.69. The van der Waals surface area contributed by atoms with Gasteiger partial charge < -0.3 is 9.72 Å². The highest BCUT2D eigenvalue weighted by Crippen LogP contribution is 2.25. The number of rotatable bonds is 4. The zero-order valence-electron chi connectivity index (χ0n) is 11.1. The first-order valence-corrected chi connectivity index (χ1v) is 7.16. The minimum atomic E-state index is 0.864. The number of ether oxygens (including phenoxy) is 1. The Morgan fingerprint density at radius 2 is 2.15 bits per heavy atom. The zero-order valence-corrected chi connectivity index (χ0v) is 12.6. The van der Waals surface area contributed by atoms with Gasteiger partial charge in [0, 0.05) is 10.7 Å². The maximum Gasteiger partial charge on any atom is 0.142 e. The number of methoxy groups -OCH3 is 1. The van der Waals surface area contributed by atoms with Crippen LogP contribution in [-0.2, 0) is 12.8 Å². The van der Waals surface area contributed by atoms with E-state index in [1.165, 1.54) is 5.56 Å². The van der Waals surface area contributed by atoms with Crippen molar-refractivity contribution in [3.8, 4) is 5.75 Å². The van der Waals surface area contributed by atoms with Gasteiger partial charge in [-0.2, -0.15) is 0 Å². The lowest BCUT2D eigenvalue weighted by Gasteiger charge is -2.05. The molecule has 4 nitrogen and oxygen atoms in total. The van der Waals surface area contributed by atoms with Gasteiger partial charge in [-0.25, -0.2) is 9.97 Å². The van der Waals surface area contributed by atoms with E-state index >= 15 is 0 Å². The second kappa shape index (κ2) is 5.63. The smallest absolute Gasteiger partial charge is 0.142 e. The van der Waals surface area contributed by atoms with Gasteiger partial charge in [-0.05, 0) is 46.5 Å². The van der Waals surface area contributed by atoms with E-state index in [-0.39, 0.29) is 0 Å². The van der Waals surface area contributed by atoms with Crippen molar-refractivity contribution < 1.29 is 4.74 Å². The summed E-state index contributed by atoms with van der Waals surface area (Å²) >= 11 is 3.54. The number of benzene rings is 1. The molecule has 1 aromatic carbocycles. The summed E-state index contributed by atoms with van der Waals surface area (Å²) in [6.07, 6.45) is 5.28. The van der Waals surface area contributed by atoms with E-state index < -0.39 is 0 Å². The molecule has 0 aliphatic heterocycles. The maximum atomic E-state index is 5.25. The highest BCUT2D eigenvalue weighted by atomic mass is 79.9. The van der Waals surface area contributed by atoms with Crippen molar-refractivity contribution in [2.75, 3.05) is 7.11 Å². The summed E-state index contributed by atoms with van der Waals surface area (Å²) in [4.78, 5) is 11.8. The predicted octanol–water partition coefficient (Wildman–Crippen LogP) is 3.51. The molecule has 0 atom stereocenters. The van der Waals surface area contributed by atoms with Crippen LogP contribution in [0.15, 0.2) is 41.3 Å². The number of aryl methyl sites for hydroxylation is 2. The van der Waals surface area contributed by atoms with Crippen molar-refractivity contribution in [2.45, 2.75) is 12.8 Å². The van der Waals surface area contributed by atoms with Gasteiger partial charge in [-0.15, -0.1) is 0 Å². The quantitative estimate of drug-likeness (QED) is 0.795. The van der Waals surface area contributed by atoms with E-state index in [4.69, 9.17) is 4.74 Å². The largest absolute Gasteiger partial charge is 0.497 e. The summed E-state index contributed by atoms with van der Waals surface area (Å²) in [6, 6.07) is 8.13. The Bertz CT molecular complexity index is 739. The number of nitrogens with zero attached hydrogens (tertiary/aromatic N) is 2. The van der Waals surface area contributed by atoms with Crippen molar-refractivity contribution >= 4 is 27.0 Å². The third-order valence-electron chi connectivity index (χ3n) is 3.28. The lowest BCUT2D eigenvalue weighted by atomic mass is 10.1. The van der Waals surface area contributed by atoms with Gasteiger partial charge in [0.05, 0.1) is 18.2 Å². The number of H-pyrrole nitrogens is 1. The van der Waals surface area contributed by atoms with Gasteiger partial charge in [0.25, 0.3) is 0 Å². The molecule has 1 N–H and O–H groups in total. The van der Waals surface area contributed by atoms with Crippen LogP contribution >= 0.6 is 15.9 Å². The molecule has 2 heterocycles. The van der Waals surface area contributed by atoms with Crippen LogP contribution in [-0.4, -0.2) is 22.1 Å². The molecule has 5 heteroatoms. The Morgan fingerprint density at radius 1 is 1.25 bits per heavy atom. The Balaban J connectivity index is 1.84. The number of nitrogens with one attached hydrogen (secondary N) is 1. The van der Waals surface area contributed by atoms with Crippen molar-refractivity contribution in [1.82, 2.24) is 15.0 Å². The Morgan fingerprint density at radius 3 is 3.00 bits per heavy atom. The van der Waals surface area contributed by atoms with Crippen LogP contribution < -0.4 is 4.74 Å². The number of hydrogen-bond donors (Lipinski definition) is 1. The topological polar surface area (TPSA) is 50.8 Å². The molecular formula is C15H14BrN3O. The van der Waals surface area contributed by atoms with E-state index in [1.54, 1.807) is 13.4 Å². The van der Waals surface area contributed by atoms with Crippen LogP contribution in [0.4, 0.5) is 0 Å². The van der Waals surface area contributed by atoms with Crippen molar-refractivity contribution in [3.63, 3.8) is 0 Å². The monoisotopic (exact) mass is 331 g/mol. The van der Waals surface area contributed by atoms with Gasteiger partial charge in [0.1, 0.15) is 17.7 Å². The minimum Gasteiger partial charge on any atom is -0.497 e. The molecule has 20 heavy (non-hydrogen) atoms. The molecule has 0 spiro atoms. The summed E-state index contributed by atoms with van der Waals surface area (Å²) < 4.78 is 6.25. The van der Waals surface area contributed by atoms with Gasteiger partial charge in [0.2, 0.25) is 0 Å². The average molecular weight is 332 g/mol. The predicted molar refractivity (Wildman–Crippen MR) is 82.0 cm³/mol. The SMILES string of the molecule is COc1cccc(CCc2ncnc3[nH]cc(Br)c23)c1. The molecule has 0 aliphatic rings. The van der Waals surface area contributed by atoms with E-state index in [0.29, 0.717) is 0 Å². The van der Waals surface area contributed by atoms with E-state index in [2.05, 4.69) is 43.0 Å². The fraction of sp³-hybridized carbons (Fsp3) is 0.200. The highest BCUT2D eigenvalue weighted by Gasteiger charge is 2.09. The standard InChI is InChI=1S/C15H14BrN3O/c1-20-11-4-2-3-10(7-11)5-6-13-14-12(16)8-17-15(14)19-9-18-13/h2-4,7-9H,5-6H2,1H3,(H,17,18,19). The molecule has 0 saturated carbocycles. The Labute approximate surface area is 125 Å². The molecule has 0 fully saturated rings. The van der Waals surface area contributed by atoms with Crippen molar-refractivity contribution in [3.05, 3.63) is 52.5 Å². The molecule has 0 bridgehead atoms. The molecule has 102 valence electrons. The fourth-order valence-corrected chi connectivity index (χ4v) is 2.80. The highest BCUT2D eigenvalue weighted by molar-refractivity contribution is 9.10. The van der Waals surface area contributed by atoms with Gasteiger partial charge >= 0.3 is 0 Å². The average Bonchev–Trinajstić information content (AvgIpc) is 2.88. The van der Waals surface area contributed by atoms with Gasteiger partial charge in [0.15, 0.2) is 0 Å². The summed E-state index contributed by atoms with van der Waals surface area (Å²) in [7, 11) is 1.68. The third-order valence-corrected chi connectivity index (χ3v) is 3.91. The van der Waals surface area contributed by atoms with Crippen LogP contribution in [0, 0.1) is 0 Å². The second-order valence-electron chi connectivity index (χ2n) is 4.53. The summed E-state index contributed by atoms with van der Waals surface area (Å²) in [5.74, 6) is 0.887. The normalized spacial score (nSPS) is 10.9. The zero-order chi connectivity index (χ0) is 13.9. The first kappa shape index (κ1) is 13.1. The lowest BCUT2D eigenvalue weighted by Crippen LogP contribution is -1.97. The molecule has 0 amide bonds. The molecule has 3 rings (SSSR count). The van der Waals surface area contributed by atoms with Crippen LogP contribution in [0.2, 0.25) is 0 Å². The minimum absolute atomic E-state index is 0.864. The number of aromatic amines is 1. The molecule has 0 unspecified atom stereocenters. The van der Waals surface area contributed by atoms with Crippen LogP contribution in [0.5, 0.6) is 5.75 Å². The van der Waals surface area contributed by atoms with Crippen molar-refractivity contribution in [1.29, 1.82) is 0 Å². The number of fused-ring (bicyclic) bond motifs is 1. The number of hydrogen-bond acceptors (Lipinski definition) is 3. The van der Waals surface area contributed by atoms with Crippen LogP contribution in [0.25, 0.3) is 11.0 Å². The third kappa shape index (κ3) is 2.54. The van der Waals surface area contributed by atoms with Crippen molar-refractivity contribution in [2.24, 2.45) is 0 Å². The summed E-state index contributed by atoms with van der Waals surface area (Å²) in [5, 5.41) is 1.07. The molecule has 3 aromatic rings. The molecule has 0 saturated heterocycles. The van der Waals surface area contributed by atoms with Gasteiger partial charge in [-0.3, -0.25) is 0 Å². The van der Waals surface area contributed by atoms with Crippen LogP contribution in [0.3, 0.4) is 0 Å². The number of halogens is 1. The second-order valence-corrected chi connectivity index (χ2v) is 5.39. The summed E-state index contributed by atoms with van der Waals surface area (Å²) in [5.41, 5.74) is 3.15. The first-order valence-electron chi connectivity index (χ1n) is 6.37. The first-order chi connectivity index (χ1) is 9.78. The van der Waals surface area contributed by atoms with E-state index in [1.807, 2.05) is 18.3 Å². The summed E-state index contributed by atoms with van der Waals surface area (Å²) in [6.45, 7) is 0. The van der Waals surface area contributed by atoms with E-state index in [9.17, 15) is 0 Å². The molecular weight excluding hydrogens is 318 g/mol. The number of aromatic nitrogens is 3. The molecule has 0 radical (unpaired) electrons. The van der Waals surface area contributed by atoms with E-state index in [0.717, 1.165) is 39.8 Å². The lowest BCUT2D eigenvalue weighted by molar-refractivity contribution is 0.414. The Hall–Kier alpha value is -1.88. The maximum absolute atomic E-state index is 5.25. The van der Waals surface area contributed by atoms with Crippen LogP contribution in [0.1, 0.15) is 11.3 Å². The fourth-order valence-electron chi connectivity index (χ4n) is 2.27. The molecule has 2 aromatic heterocycles. The van der Waals surface area contributed by atoms with Gasteiger partial charge in [-0.1, -0.05) is 12.1 Å².